The van der Waals surface area contributed by atoms with Gasteiger partial charge < -0.3 is 9.64 Å². The van der Waals surface area contributed by atoms with E-state index in [9.17, 15) is 0 Å². The van der Waals surface area contributed by atoms with Gasteiger partial charge in [-0.1, -0.05) is 15.9 Å². The summed E-state index contributed by atoms with van der Waals surface area (Å²) in [5, 5.41) is 9.10. The summed E-state index contributed by atoms with van der Waals surface area (Å²) in [7, 11) is 2.00. The first-order valence-electron chi connectivity index (χ1n) is 5.73. The first-order chi connectivity index (χ1) is 8.20. The molecule has 17 heavy (non-hydrogen) atoms. The molecule has 0 bridgehead atoms. The van der Waals surface area contributed by atoms with E-state index in [1.807, 2.05) is 25.2 Å². The maximum absolute atomic E-state index is 9.10. The minimum absolute atomic E-state index is 0.297. The van der Waals surface area contributed by atoms with Gasteiger partial charge in [0.1, 0.15) is 6.07 Å². The van der Waals surface area contributed by atoms with Crippen molar-refractivity contribution in [2.45, 2.75) is 18.9 Å². The van der Waals surface area contributed by atoms with Gasteiger partial charge in [0, 0.05) is 24.7 Å². The quantitative estimate of drug-likeness (QED) is 0.860. The van der Waals surface area contributed by atoms with Crippen LogP contribution in [-0.2, 0) is 4.74 Å². The van der Waals surface area contributed by atoms with Crippen LogP contribution in [0.4, 0.5) is 5.69 Å². The Bertz CT molecular complexity index is 436. The number of halogens is 1. The molecule has 2 rings (SSSR count). The summed E-state index contributed by atoms with van der Waals surface area (Å²) in [4.78, 5) is 2.10. The highest BCUT2D eigenvalue weighted by molar-refractivity contribution is 9.10. The number of nitrogens with zero attached hydrogens (tertiary/aromatic N) is 2. The van der Waals surface area contributed by atoms with Crippen molar-refractivity contribution < 1.29 is 4.74 Å². The molecule has 0 spiro atoms. The Hall–Kier alpha value is -1.05. The van der Waals surface area contributed by atoms with Crippen LogP contribution in [0.2, 0.25) is 0 Å². The fraction of sp³-hybridized carbons (Fsp3) is 0.462. The molecule has 1 heterocycles. The lowest BCUT2D eigenvalue weighted by molar-refractivity contribution is 0.116. The molecule has 1 atom stereocenters. The molecule has 0 saturated carbocycles. The van der Waals surface area contributed by atoms with E-state index in [1.165, 1.54) is 0 Å². The largest absolute Gasteiger partial charge is 0.376 e. The number of ether oxygens (including phenoxy) is 1. The Kier molecular flexibility index (Phi) is 4.03. The summed E-state index contributed by atoms with van der Waals surface area (Å²) in [6.07, 6.45) is 2.55. The van der Waals surface area contributed by atoms with E-state index in [4.69, 9.17) is 10.00 Å². The van der Waals surface area contributed by atoms with Crippen molar-refractivity contribution in [3.8, 4) is 6.07 Å². The van der Waals surface area contributed by atoms with Gasteiger partial charge in [-0.15, -0.1) is 0 Å². The molecule has 4 heteroatoms. The predicted molar refractivity (Wildman–Crippen MR) is 71.1 cm³/mol. The Morgan fingerprint density at radius 1 is 1.59 bits per heavy atom. The van der Waals surface area contributed by atoms with Gasteiger partial charge in [-0.25, -0.2) is 0 Å². The van der Waals surface area contributed by atoms with Crippen LogP contribution in [0.1, 0.15) is 18.4 Å². The molecule has 1 aromatic rings. The van der Waals surface area contributed by atoms with Crippen LogP contribution in [0.25, 0.3) is 0 Å². The lowest BCUT2D eigenvalue weighted by Crippen LogP contribution is -2.29. The third kappa shape index (κ3) is 2.99. The SMILES string of the molecule is CN(CC1CCCO1)c1cc(Br)ccc1C#N. The second-order valence-corrected chi connectivity index (χ2v) is 5.20. The van der Waals surface area contributed by atoms with Crippen molar-refractivity contribution in [3.05, 3.63) is 28.2 Å². The Morgan fingerprint density at radius 3 is 3.06 bits per heavy atom. The van der Waals surface area contributed by atoms with Gasteiger partial charge >= 0.3 is 0 Å². The number of rotatable bonds is 3. The van der Waals surface area contributed by atoms with Crippen LogP contribution in [0.5, 0.6) is 0 Å². The minimum Gasteiger partial charge on any atom is -0.376 e. The molecule has 0 N–H and O–H groups in total. The predicted octanol–water partition coefficient (Wildman–Crippen LogP) is 2.94. The van der Waals surface area contributed by atoms with Gasteiger partial charge in [0.2, 0.25) is 0 Å². The number of anilines is 1. The Morgan fingerprint density at radius 2 is 2.41 bits per heavy atom. The average molecular weight is 295 g/mol. The lowest BCUT2D eigenvalue weighted by Gasteiger charge is -2.23. The smallest absolute Gasteiger partial charge is 0.101 e. The van der Waals surface area contributed by atoms with Crippen LogP contribution in [-0.4, -0.2) is 26.3 Å². The number of likely N-dealkylation sites (N-methyl/N-ethyl adjacent to an activating group) is 1. The highest BCUT2D eigenvalue weighted by Gasteiger charge is 2.18. The van der Waals surface area contributed by atoms with Crippen LogP contribution >= 0.6 is 15.9 Å². The molecular formula is C13H15BrN2O. The van der Waals surface area contributed by atoms with E-state index in [1.54, 1.807) is 0 Å². The molecule has 1 aromatic carbocycles. The summed E-state index contributed by atoms with van der Waals surface area (Å²) in [5.74, 6) is 0. The fourth-order valence-electron chi connectivity index (χ4n) is 2.11. The van der Waals surface area contributed by atoms with E-state index < -0.39 is 0 Å². The number of nitriles is 1. The summed E-state index contributed by atoms with van der Waals surface area (Å²) in [6.45, 7) is 1.70. The second-order valence-electron chi connectivity index (χ2n) is 4.29. The van der Waals surface area contributed by atoms with Crippen LogP contribution in [0.15, 0.2) is 22.7 Å². The standard InChI is InChI=1S/C13H15BrN2O/c1-16(9-12-3-2-6-17-12)13-7-11(14)5-4-10(13)8-15/h4-5,7,12H,2-3,6,9H2,1H3. The first-order valence-corrected chi connectivity index (χ1v) is 6.52. The highest BCUT2D eigenvalue weighted by Crippen LogP contribution is 2.25. The first kappa shape index (κ1) is 12.4. The van der Waals surface area contributed by atoms with Crippen molar-refractivity contribution in [1.82, 2.24) is 0 Å². The van der Waals surface area contributed by atoms with E-state index >= 15 is 0 Å². The zero-order chi connectivity index (χ0) is 12.3. The van der Waals surface area contributed by atoms with Gasteiger partial charge in [0.15, 0.2) is 0 Å². The van der Waals surface area contributed by atoms with Gasteiger partial charge in [-0.2, -0.15) is 5.26 Å². The third-order valence-electron chi connectivity index (χ3n) is 2.99. The van der Waals surface area contributed by atoms with E-state index in [0.717, 1.165) is 36.2 Å². The normalized spacial score (nSPS) is 19.0. The minimum atomic E-state index is 0.297. The van der Waals surface area contributed by atoms with Crippen LogP contribution in [0, 0.1) is 11.3 Å². The molecular weight excluding hydrogens is 280 g/mol. The van der Waals surface area contributed by atoms with Crippen LogP contribution < -0.4 is 4.90 Å². The Labute approximate surface area is 110 Å². The monoisotopic (exact) mass is 294 g/mol. The summed E-state index contributed by atoms with van der Waals surface area (Å²) < 4.78 is 6.60. The molecule has 1 aliphatic rings. The zero-order valence-electron chi connectivity index (χ0n) is 9.82. The second kappa shape index (κ2) is 5.52. The zero-order valence-corrected chi connectivity index (χ0v) is 11.4. The van der Waals surface area contributed by atoms with Crippen molar-refractivity contribution in [2.75, 3.05) is 25.1 Å². The molecule has 0 aromatic heterocycles. The van der Waals surface area contributed by atoms with Gasteiger partial charge in [-0.05, 0) is 31.0 Å². The van der Waals surface area contributed by atoms with Crippen molar-refractivity contribution in [1.29, 1.82) is 5.26 Å². The Balaban J connectivity index is 2.14. The fourth-order valence-corrected chi connectivity index (χ4v) is 2.46. The van der Waals surface area contributed by atoms with E-state index in [0.29, 0.717) is 11.7 Å². The molecule has 1 aliphatic heterocycles. The molecule has 0 amide bonds. The van der Waals surface area contributed by atoms with Crippen molar-refractivity contribution >= 4 is 21.6 Å². The number of hydrogen-bond donors (Lipinski definition) is 0. The van der Waals surface area contributed by atoms with Crippen molar-refractivity contribution in [3.63, 3.8) is 0 Å². The van der Waals surface area contributed by atoms with Crippen LogP contribution in [0.3, 0.4) is 0 Å². The van der Waals surface area contributed by atoms with E-state index in [2.05, 4.69) is 26.9 Å². The van der Waals surface area contributed by atoms with E-state index in [-0.39, 0.29) is 0 Å². The third-order valence-corrected chi connectivity index (χ3v) is 3.49. The molecule has 90 valence electrons. The molecule has 1 saturated heterocycles. The molecule has 1 unspecified atom stereocenters. The highest BCUT2D eigenvalue weighted by atomic mass is 79.9. The average Bonchev–Trinajstić information content (AvgIpc) is 2.81. The maximum atomic E-state index is 9.10. The summed E-state index contributed by atoms with van der Waals surface area (Å²) in [5.41, 5.74) is 1.66. The number of benzene rings is 1. The molecule has 0 aliphatic carbocycles. The van der Waals surface area contributed by atoms with Gasteiger partial charge in [0.05, 0.1) is 17.4 Å². The van der Waals surface area contributed by atoms with Gasteiger partial charge in [0.25, 0.3) is 0 Å². The number of hydrogen-bond acceptors (Lipinski definition) is 3. The summed E-state index contributed by atoms with van der Waals surface area (Å²) in [6, 6.07) is 7.93. The lowest BCUT2D eigenvalue weighted by atomic mass is 10.1. The molecule has 1 fully saturated rings. The maximum Gasteiger partial charge on any atom is 0.101 e. The van der Waals surface area contributed by atoms with Gasteiger partial charge in [-0.3, -0.25) is 0 Å². The molecule has 0 radical (unpaired) electrons. The topological polar surface area (TPSA) is 36.3 Å². The molecule has 3 nitrogen and oxygen atoms in total. The van der Waals surface area contributed by atoms with Crippen molar-refractivity contribution in [2.24, 2.45) is 0 Å². The summed E-state index contributed by atoms with van der Waals surface area (Å²) >= 11 is 3.44.